The van der Waals surface area contributed by atoms with Gasteiger partial charge in [0.05, 0.1) is 19.3 Å². The number of carbonyl (C=O) groups excluding carboxylic acids is 2. The number of benzene rings is 2. The molecular weight excluding hydrogens is 406 g/mol. The summed E-state index contributed by atoms with van der Waals surface area (Å²) in [6, 6.07) is 13.6. The Bertz CT molecular complexity index is 985. The van der Waals surface area contributed by atoms with E-state index >= 15 is 0 Å². The summed E-state index contributed by atoms with van der Waals surface area (Å²) in [7, 11) is 1.63. The number of fused-ring (bicyclic) bond motifs is 1. The third kappa shape index (κ3) is 4.82. The Kier molecular flexibility index (Phi) is 6.53. The molecule has 1 saturated heterocycles. The molecule has 4 rings (SSSR count). The highest BCUT2D eigenvalue weighted by molar-refractivity contribution is 5.94. The largest absolute Gasteiger partial charge is 0.497 e. The Morgan fingerprint density at radius 2 is 1.94 bits per heavy atom. The van der Waals surface area contributed by atoms with Gasteiger partial charge in [-0.05, 0) is 62.1 Å². The predicted molar refractivity (Wildman–Crippen MR) is 123 cm³/mol. The molecule has 2 heterocycles. The van der Waals surface area contributed by atoms with Gasteiger partial charge in [-0.15, -0.1) is 0 Å². The average Bonchev–Trinajstić information content (AvgIpc) is 2.82. The number of urea groups is 1. The fraction of sp³-hybridized carbons (Fsp3) is 0.440. The maximum atomic E-state index is 13.3. The average molecular weight is 438 g/mol. The number of hydrogen-bond donors (Lipinski definition) is 1. The molecule has 1 atom stereocenters. The van der Waals surface area contributed by atoms with Gasteiger partial charge in [0, 0.05) is 25.6 Å². The summed E-state index contributed by atoms with van der Waals surface area (Å²) in [5, 5.41) is 3.03. The van der Waals surface area contributed by atoms with Gasteiger partial charge in [-0.1, -0.05) is 18.2 Å². The lowest BCUT2D eigenvalue weighted by Crippen LogP contribution is -2.52. The van der Waals surface area contributed by atoms with Crippen molar-refractivity contribution in [2.24, 2.45) is 5.92 Å². The first kappa shape index (κ1) is 22.0. The second kappa shape index (κ2) is 9.51. The van der Waals surface area contributed by atoms with Gasteiger partial charge in [0.1, 0.15) is 17.6 Å². The van der Waals surface area contributed by atoms with Crippen molar-refractivity contribution in [3.8, 4) is 11.5 Å². The first-order chi connectivity index (χ1) is 15.4. The summed E-state index contributed by atoms with van der Waals surface area (Å²) in [6.45, 7) is 6.12. The third-order valence-corrected chi connectivity index (χ3v) is 6.14. The van der Waals surface area contributed by atoms with Crippen LogP contribution in [0.15, 0.2) is 42.5 Å². The van der Waals surface area contributed by atoms with Gasteiger partial charge < -0.3 is 19.7 Å². The van der Waals surface area contributed by atoms with E-state index in [4.69, 9.17) is 9.47 Å². The second-order valence-corrected chi connectivity index (χ2v) is 8.62. The van der Waals surface area contributed by atoms with E-state index < -0.39 is 0 Å². The Balaban J connectivity index is 1.33. The zero-order valence-electron chi connectivity index (χ0n) is 19.0. The van der Waals surface area contributed by atoms with Crippen LogP contribution in [0.25, 0.3) is 0 Å². The molecule has 170 valence electrons. The van der Waals surface area contributed by atoms with Crippen LogP contribution in [0.2, 0.25) is 0 Å². The van der Waals surface area contributed by atoms with Crippen molar-refractivity contribution < 1.29 is 19.1 Å². The first-order valence-corrected chi connectivity index (χ1v) is 11.2. The fourth-order valence-corrected chi connectivity index (χ4v) is 4.35. The number of ether oxygens (including phenoxy) is 2. The Hall–Kier alpha value is -3.22. The number of nitrogens with zero attached hydrogens (tertiary/aromatic N) is 2. The van der Waals surface area contributed by atoms with E-state index in [1.165, 1.54) is 0 Å². The summed E-state index contributed by atoms with van der Waals surface area (Å²) >= 11 is 0. The molecule has 2 aliphatic rings. The summed E-state index contributed by atoms with van der Waals surface area (Å²) < 4.78 is 11.1. The van der Waals surface area contributed by atoms with Crippen molar-refractivity contribution in [2.75, 3.05) is 31.6 Å². The Labute approximate surface area is 189 Å². The van der Waals surface area contributed by atoms with Crippen LogP contribution in [0, 0.1) is 12.8 Å². The molecule has 0 unspecified atom stereocenters. The molecule has 3 amide bonds. The van der Waals surface area contributed by atoms with Crippen LogP contribution in [0.5, 0.6) is 11.5 Å². The molecule has 1 N–H and O–H groups in total. The summed E-state index contributed by atoms with van der Waals surface area (Å²) in [5.74, 6) is 1.48. The van der Waals surface area contributed by atoms with Crippen LogP contribution >= 0.6 is 0 Å². The van der Waals surface area contributed by atoms with Gasteiger partial charge in [0.15, 0.2) is 0 Å². The van der Waals surface area contributed by atoms with Crippen LogP contribution in [-0.2, 0) is 11.3 Å². The molecule has 2 aromatic carbocycles. The molecule has 0 bridgehead atoms. The minimum absolute atomic E-state index is 0.0118. The van der Waals surface area contributed by atoms with E-state index in [0.29, 0.717) is 39.0 Å². The molecule has 7 heteroatoms. The van der Waals surface area contributed by atoms with Crippen molar-refractivity contribution in [3.63, 3.8) is 0 Å². The number of anilines is 1. The SMILES string of the molecule is COc1cccc(CNC(=O)C2CCN(C(=O)N3C[C@@H](C)Oc4ccc(C)cc43)CC2)c1. The summed E-state index contributed by atoms with van der Waals surface area (Å²) in [4.78, 5) is 29.7. The summed E-state index contributed by atoms with van der Waals surface area (Å²) in [6.07, 6.45) is 1.26. The molecule has 0 radical (unpaired) electrons. The number of aryl methyl sites for hydroxylation is 1. The molecule has 7 nitrogen and oxygen atoms in total. The van der Waals surface area contributed by atoms with E-state index in [-0.39, 0.29) is 24.0 Å². The number of amides is 3. The third-order valence-electron chi connectivity index (χ3n) is 6.14. The quantitative estimate of drug-likeness (QED) is 0.791. The highest BCUT2D eigenvalue weighted by atomic mass is 16.5. The molecule has 1 fully saturated rings. The standard InChI is InChI=1S/C25H31N3O4/c1-17-7-8-23-22(13-17)28(16-18(2)32-23)25(30)27-11-9-20(10-12-27)24(29)26-15-19-5-4-6-21(14-19)31-3/h4-8,13-14,18,20H,9-12,15-16H2,1-3H3,(H,26,29)/t18-/m1/s1. The van der Waals surface area contributed by atoms with Gasteiger partial charge in [-0.2, -0.15) is 0 Å². The monoisotopic (exact) mass is 437 g/mol. The first-order valence-electron chi connectivity index (χ1n) is 11.2. The highest BCUT2D eigenvalue weighted by Gasteiger charge is 2.33. The van der Waals surface area contributed by atoms with Gasteiger partial charge >= 0.3 is 6.03 Å². The van der Waals surface area contributed by atoms with E-state index in [9.17, 15) is 9.59 Å². The van der Waals surface area contributed by atoms with Gasteiger partial charge in [0.2, 0.25) is 5.91 Å². The van der Waals surface area contributed by atoms with Crippen LogP contribution in [-0.4, -0.2) is 49.7 Å². The number of carbonyl (C=O) groups is 2. The lowest BCUT2D eigenvalue weighted by Gasteiger charge is -2.39. The van der Waals surface area contributed by atoms with E-state index in [0.717, 1.165) is 28.3 Å². The van der Waals surface area contributed by atoms with Gasteiger partial charge in [0.25, 0.3) is 0 Å². The lowest BCUT2D eigenvalue weighted by molar-refractivity contribution is -0.126. The fourth-order valence-electron chi connectivity index (χ4n) is 4.35. The van der Waals surface area contributed by atoms with E-state index in [1.54, 1.807) is 7.11 Å². The van der Waals surface area contributed by atoms with Crippen LogP contribution in [0.3, 0.4) is 0 Å². The maximum absolute atomic E-state index is 13.3. The number of rotatable bonds is 4. The minimum atomic E-state index is -0.0807. The number of hydrogen-bond acceptors (Lipinski definition) is 4. The molecule has 0 aliphatic carbocycles. The van der Waals surface area contributed by atoms with Crippen LogP contribution in [0.1, 0.15) is 30.9 Å². The predicted octanol–water partition coefficient (Wildman–Crippen LogP) is 3.74. The number of likely N-dealkylation sites (tertiary alicyclic amines) is 1. The Morgan fingerprint density at radius 3 is 2.69 bits per heavy atom. The molecule has 2 aromatic rings. The number of nitrogens with one attached hydrogen (secondary N) is 1. The Morgan fingerprint density at radius 1 is 1.16 bits per heavy atom. The van der Waals surface area contributed by atoms with Crippen molar-refractivity contribution in [1.29, 1.82) is 0 Å². The van der Waals surface area contributed by atoms with Gasteiger partial charge in [-0.25, -0.2) is 4.79 Å². The van der Waals surface area contributed by atoms with Crippen LogP contribution in [0.4, 0.5) is 10.5 Å². The molecular formula is C25H31N3O4. The number of piperidine rings is 1. The van der Waals surface area contributed by atoms with E-state index in [2.05, 4.69) is 5.32 Å². The molecule has 0 spiro atoms. The van der Waals surface area contributed by atoms with Crippen molar-refractivity contribution in [1.82, 2.24) is 10.2 Å². The minimum Gasteiger partial charge on any atom is -0.497 e. The van der Waals surface area contributed by atoms with Crippen molar-refractivity contribution >= 4 is 17.6 Å². The highest BCUT2D eigenvalue weighted by Crippen LogP contribution is 2.35. The zero-order chi connectivity index (χ0) is 22.7. The second-order valence-electron chi connectivity index (χ2n) is 8.62. The summed E-state index contributed by atoms with van der Waals surface area (Å²) in [5.41, 5.74) is 2.91. The van der Waals surface area contributed by atoms with Crippen molar-refractivity contribution in [2.45, 2.75) is 39.3 Å². The molecule has 32 heavy (non-hydrogen) atoms. The smallest absolute Gasteiger partial charge is 0.324 e. The maximum Gasteiger partial charge on any atom is 0.324 e. The topological polar surface area (TPSA) is 71.1 Å². The zero-order valence-corrected chi connectivity index (χ0v) is 19.0. The van der Waals surface area contributed by atoms with Crippen molar-refractivity contribution in [3.05, 3.63) is 53.6 Å². The number of methoxy groups -OCH3 is 1. The molecule has 0 saturated carbocycles. The van der Waals surface area contributed by atoms with Crippen LogP contribution < -0.4 is 19.7 Å². The lowest BCUT2D eigenvalue weighted by atomic mass is 9.96. The van der Waals surface area contributed by atoms with Gasteiger partial charge in [-0.3, -0.25) is 9.69 Å². The normalized spacial score (nSPS) is 18.5. The molecule has 0 aromatic heterocycles. The molecule has 2 aliphatic heterocycles. The van der Waals surface area contributed by atoms with E-state index in [1.807, 2.05) is 66.1 Å².